The van der Waals surface area contributed by atoms with Crippen molar-refractivity contribution in [1.82, 2.24) is 9.62 Å². The van der Waals surface area contributed by atoms with Gasteiger partial charge in [-0.25, -0.2) is 8.42 Å². The molecule has 1 aliphatic heterocycles. The van der Waals surface area contributed by atoms with Crippen LogP contribution in [0.15, 0.2) is 29.2 Å². The lowest BCUT2D eigenvalue weighted by Crippen LogP contribution is -2.41. The predicted molar refractivity (Wildman–Crippen MR) is 98.1 cm³/mol. The summed E-state index contributed by atoms with van der Waals surface area (Å²) in [5.41, 5.74) is 0.772. The second-order valence-electron chi connectivity index (χ2n) is 6.24. The Hall–Kier alpha value is -1.18. The van der Waals surface area contributed by atoms with E-state index < -0.39 is 10.0 Å². The van der Waals surface area contributed by atoms with Crippen molar-refractivity contribution < 1.29 is 8.42 Å². The zero-order valence-electron chi connectivity index (χ0n) is 13.9. The lowest BCUT2D eigenvalue weighted by molar-refractivity contribution is 0.268. The van der Waals surface area contributed by atoms with Crippen molar-refractivity contribution in [3.8, 4) is 0 Å². The first-order chi connectivity index (χ1) is 10.8. The van der Waals surface area contributed by atoms with E-state index in [0.717, 1.165) is 24.9 Å². The van der Waals surface area contributed by atoms with E-state index in [1.165, 1.54) is 0 Å². The van der Waals surface area contributed by atoms with Crippen LogP contribution in [0.1, 0.15) is 40.0 Å². The minimum Gasteiger partial charge on any atom is -0.360 e. The molecule has 0 amide bonds. The molecular weight excluding hydrogens is 330 g/mol. The van der Waals surface area contributed by atoms with Crippen LogP contribution < -0.4 is 10.6 Å². The smallest absolute Gasteiger partial charge is 0.243 e. The van der Waals surface area contributed by atoms with Crippen LogP contribution in [0.5, 0.6) is 0 Å². The number of hydrogen-bond acceptors (Lipinski definition) is 3. The first kappa shape index (κ1) is 18.2. The van der Waals surface area contributed by atoms with E-state index >= 15 is 0 Å². The van der Waals surface area contributed by atoms with Gasteiger partial charge in [0, 0.05) is 24.3 Å². The maximum Gasteiger partial charge on any atom is 0.243 e. The fraction of sp³-hybridized carbons (Fsp3) is 0.562. The van der Waals surface area contributed by atoms with E-state index in [1.807, 2.05) is 20.8 Å². The molecule has 1 heterocycles. The van der Waals surface area contributed by atoms with Crippen molar-refractivity contribution in [2.75, 3.05) is 11.9 Å². The van der Waals surface area contributed by atoms with Gasteiger partial charge >= 0.3 is 0 Å². The summed E-state index contributed by atoms with van der Waals surface area (Å²) in [6.45, 7) is 6.58. The van der Waals surface area contributed by atoms with Gasteiger partial charge in [0.05, 0.1) is 4.90 Å². The van der Waals surface area contributed by atoms with Crippen LogP contribution >= 0.6 is 12.2 Å². The van der Waals surface area contributed by atoms with Crippen LogP contribution in [0.3, 0.4) is 0 Å². The molecule has 0 unspecified atom stereocenters. The van der Waals surface area contributed by atoms with E-state index in [2.05, 4.69) is 10.6 Å². The summed E-state index contributed by atoms with van der Waals surface area (Å²) in [6.07, 6.45) is 2.95. The highest BCUT2D eigenvalue weighted by Gasteiger charge is 2.30. The van der Waals surface area contributed by atoms with E-state index in [0.29, 0.717) is 16.6 Å². The van der Waals surface area contributed by atoms with Crippen LogP contribution in [-0.2, 0) is 10.0 Å². The fourth-order valence-electron chi connectivity index (χ4n) is 2.70. The molecule has 1 aromatic rings. The molecule has 0 aromatic heterocycles. The van der Waals surface area contributed by atoms with Crippen molar-refractivity contribution in [3.63, 3.8) is 0 Å². The third-order valence-electron chi connectivity index (χ3n) is 3.88. The van der Waals surface area contributed by atoms with E-state index in [9.17, 15) is 8.42 Å². The Morgan fingerprint density at radius 1 is 1.26 bits per heavy atom. The van der Waals surface area contributed by atoms with Crippen molar-refractivity contribution in [2.45, 2.75) is 57.0 Å². The molecule has 0 aliphatic carbocycles. The highest BCUT2D eigenvalue weighted by molar-refractivity contribution is 7.89. The van der Waals surface area contributed by atoms with Crippen molar-refractivity contribution >= 4 is 33.0 Å². The monoisotopic (exact) mass is 355 g/mol. The predicted octanol–water partition coefficient (Wildman–Crippen LogP) is 2.94. The standard InChI is InChI=1S/C16H25N3O2S2/c1-12(2)17-16(22)18-14-7-9-15(10-8-14)23(20,21)19-11-5-4-6-13(19)3/h7-10,12-13H,4-6,11H2,1-3H3,(H2,17,18,22)/t13-/m1/s1. The largest absolute Gasteiger partial charge is 0.360 e. The van der Waals surface area contributed by atoms with Gasteiger partial charge in [-0.05, 0) is 70.1 Å². The number of nitrogens with zero attached hydrogens (tertiary/aromatic N) is 1. The number of anilines is 1. The van der Waals surface area contributed by atoms with Crippen LogP contribution in [0.4, 0.5) is 5.69 Å². The molecule has 0 spiro atoms. The van der Waals surface area contributed by atoms with Gasteiger partial charge in [0.25, 0.3) is 0 Å². The Bertz CT molecular complexity index is 642. The number of hydrogen-bond donors (Lipinski definition) is 2. The molecule has 1 aromatic carbocycles. The van der Waals surface area contributed by atoms with Crippen LogP contribution in [-0.4, -0.2) is 36.5 Å². The molecule has 1 fully saturated rings. The van der Waals surface area contributed by atoms with Gasteiger partial charge < -0.3 is 10.6 Å². The minimum atomic E-state index is -3.42. The number of rotatable bonds is 4. The first-order valence-corrected chi connectivity index (χ1v) is 9.85. The number of benzene rings is 1. The molecule has 5 nitrogen and oxygen atoms in total. The summed E-state index contributed by atoms with van der Waals surface area (Å²) < 4.78 is 27.1. The maximum atomic E-state index is 12.7. The van der Waals surface area contributed by atoms with Gasteiger partial charge in [-0.15, -0.1) is 0 Å². The summed E-state index contributed by atoms with van der Waals surface area (Å²) >= 11 is 5.19. The first-order valence-electron chi connectivity index (χ1n) is 8.00. The fourth-order valence-corrected chi connectivity index (χ4v) is 4.76. The average Bonchev–Trinajstić information content (AvgIpc) is 2.47. The Kier molecular flexibility index (Phi) is 6.00. The normalized spacial score (nSPS) is 19.6. The minimum absolute atomic E-state index is 0.0642. The summed E-state index contributed by atoms with van der Waals surface area (Å²) in [5, 5.41) is 6.67. The topological polar surface area (TPSA) is 61.4 Å². The summed E-state index contributed by atoms with van der Waals surface area (Å²) in [4.78, 5) is 0.333. The van der Waals surface area contributed by atoms with Gasteiger partial charge in [0.1, 0.15) is 0 Å². The summed E-state index contributed by atoms with van der Waals surface area (Å²) in [7, 11) is -3.42. The van der Waals surface area contributed by atoms with Gasteiger partial charge in [0.15, 0.2) is 5.11 Å². The molecule has 1 saturated heterocycles. The Morgan fingerprint density at radius 3 is 2.48 bits per heavy atom. The highest BCUT2D eigenvalue weighted by atomic mass is 32.2. The third kappa shape index (κ3) is 4.65. The molecule has 0 radical (unpaired) electrons. The third-order valence-corrected chi connectivity index (χ3v) is 6.13. The molecular formula is C16H25N3O2S2. The molecule has 1 atom stereocenters. The quantitative estimate of drug-likeness (QED) is 0.813. The average molecular weight is 356 g/mol. The van der Waals surface area contributed by atoms with Gasteiger partial charge in [-0.2, -0.15) is 4.31 Å². The van der Waals surface area contributed by atoms with Crippen LogP contribution in [0.25, 0.3) is 0 Å². The van der Waals surface area contributed by atoms with Crippen molar-refractivity contribution in [3.05, 3.63) is 24.3 Å². The second kappa shape index (κ2) is 7.59. The summed E-state index contributed by atoms with van der Waals surface area (Å²) in [5.74, 6) is 0. The molecule has 23 heavy (non-hydrogen) atoms. The van der Waals surface area contributed by atoms with Crippen LogP contribution in [0.2, 0.25) is 0 Å². The van der Waals surface area contributed by atoms with Crippen LogP contribution in [0, 0.1) is 0 Å². The Morgan fingerprint density at radius 2 is 1.91 bits per heavy atom. The lowest BCUT2D eigenvalue weighted by Gasteiger charge is -2.32. The maximum absolute atomic E-state index is 12.7. The van der Waals surface area contributed by atoms with Gasteiger partial charge in [-0.1, -0.05) is 6.42 Å². The molecule has 128 valence electrons. The molecule has 2 N–H and O–H groups in total. The van der Waals surface area contributed by atoms with Gasteiger partial charge in [0.2, 0.25) is 10.0 Å². The number of nitrogens with one attached hydrogen (secondary N) is 2. The zero-order chi connectivity index (χ0) is 17.0. The molecule has 2 rings (SSSR count). The van der Waals surface area contributed by atoms with E-state index in [1.54, 1.807) is 28.6 Å². The molecule has 0 bridgehead atoms. The molecule has 0 saturated carbocycles. The number of sulfonamides is 1. The van der Waals surface area contributed by atoms with Gasteiger partial charge in [-0.3, -0.25) is 0 Å². The lowest BCUT2D eigenvalue weighted by atomic mass is 10.1. The summed E-state index contributed by atoms with van der Waals surface area (Å²) in [6, 6.07) is 7.07. The Labute approximate surface area is 144 Å². The van der Waals surface area contributed by atoms with E-state index in [-0.39, 0.29) is 12.1 Å². The van der Waals surface area contributed by atoms with Crippen molar-refractivity contribution in [1.29, 1.82) is 0 Å². The second-order valence-corrected chi connectivity index (χ2v) is 8.54. The molecule has 1 aliphatic rings. The zero-order valence-corrected chi connectivity index (χ0v) is 15.5. The SMILES string of the molecule is CC(C)NC(=S)Nc1ccc(S(=O)(=O)N2CCCC[C@H]2C)cc1. The number of piperidine rings is 1. The number of thiocarbonyl (C=S) groups is 1. The van der Waals surface area contributed by atoms with E-state index in [4.69, 9.17) is 12.2 Å². The molecule has 7 heteroatoms. The highest BCUT2D eigenvalue weighted by Crippen LogP contribution is 2.25. The van der Waals surface area contributed by atoms with Crippen molar-refractivity contribution in [2.24, 2.45) is 0 Å². The Balaban J connectivity index is 2.10.